The Bertz CT molecular complexity index is 1010. The standard InChI is InChI=1S/C26H28O6/c1-5-8-19-10-12-24(32-26(29)15-14-25(28)30-7-3)22(16-19)20-11-13-23(31-18(4)27)21(17-20)9-6-2/h5-6,10-13,16-17H,1-2,7-9,14-15H2,3-4H3. The third-order valence-corrected chi connectivity index (χ3v) is 4.48. The minimum atomic E-state index is -0.529. The predicted molar refractivity (Wildman–Crippen MR) is 122 cm³/mol. The van der Waals surface area contributed by atoms with Crippen LogP contribution in [0.4, 0.5) is 0 Å². The number of hydrogen-bond donors (Lipinski definition) is 0. The van der Waals surface area contributed by atoms with Crippen LogP contribution in [0.2, 0.25) is 0 Å². The van der Waals surface area contributed by atoms with Gasteiger partial charge in [0.1, 0.15) is 11.5 Å². The van der Waals surface area contributed by atoms with Crippen molar-refractivity contribution >= 4 is 17.9 Å². The molecule has 0 radical (unpaired) electrons. The van der Waals surface area contributed by atoms with E-state index >= 15 is 0 Å². The summed E-state index contributed by atoms with van der Waals surface area (Å²) in [7, 11) is 0. The van der Waals surface area contributed by atoms with Gasteiger partial charge in [0.15, 0.2) is 0 Å². The molecular formula is C26H28O6. The summed E-state index contributed by atoms with van der Waals surface area (Å²) in [5.41, 5.74) is 3.27. The van der Waals surface area contributed by atoms with Crippen molar-refractivity contribution in [2.75, 3.05) is 6.61 Å². The smallest absolute Gasteiger partial charge is 0.311 e. The van der Waals surface area contributed by atoms with Crippen molar-refractivity contribution in [3.8, 4) is 22.6 Å². The average molecular weight is 437 g/mol. The molecule has 0 aliphatic rings. The van der Waals surface area contributed by atoms with Crippen LogP contribution in [-0.4, -0.2) is 24.5 Å². The molecule has 0 spiro atoms. The molecule has 0 N–H and O–H groups in total. The maximum atomic E-state index is 12.3. The quantitative estimate of drug-likeness (QED) is 0.281. The van der Waals surface area contributed by atoms with Crippen LogP contribution in [0, 0.1) is 0 Å². The number of benzene rings is 2. The van der Waals surface area contributed by atoms with E-state index < -0.39 is 17.9 Å². The first-order valence-corrected chi connectivity index (χ1v) is 10.4. The van der Waals surface area contributed by atoms with Gasteiger partial charge in [-0.1, -0.05) is 24.3 Å². The highest BCUT2D eigenvalue weighted by atomic mass is 16.5. The Morgan fingerprint density at radius 2 is 1.56 bits per heavy atom. The van der Waals surface area contributed by atoms with Gasteiger partial charge < -0.3 is 14.2 Å². The van der Waals surface area contributed by atoms with Gasteiger partial charge in [-0.15, -0.1) is 13.2 Å². The maximum Gasteiger partial charge on any atom is 0.311 e. The zero-order valence-corrected chi connectivity index (χ0v) is 18.5. The Hall–Kier alpha value is -3.67. The molecule has 0 heterocycles. The first-order valence-electron chi connectivity index (χ1n) is 10.4. The van der Waals surface area contributed by atoms with Crippen LogP contribution >= 0.6 is 0 Å². The molecule has 0 bridgehead atoms. The topological polar surface area (TPSA) is 78.9 Å². The van der Waals surface area contributed by atoms with Gasteiger partial charge in [-0.2, -0.15) is 0 Å². The Morgan fingerprint density at radius 3 is 2.22 bits per heavy atom. The number of rotatable bonds is 11. The number of ether oxygens (including phenoxy) is 3. The zero-order chi connectivity index (χ0) is 23.5. The summed E-state index contributed by atoms with van der Waals surface area (Å²) in [5, 5.41) is 0. The number of carbonyl (C=O) groups is 3. The van der Waals surface area contributed by atoms with Crippen LogP contribution < -0.4 is 9.47 Å². The fraction of sp³-hybridized carbons (Fsp3) is 0.269. The maximum absolute atomic E-state index is 12.3. The van der Waals surface area contributed by atoms with Gasteiger partial charge in [-0.3, -0.25) is 14.4 Å². The molecule has 168 valence electrons. The lowest BCUT2D eigenvalue weighted by atomic mass is 9.97. The van der Waals surface area contributed by atoms with E-state index in [9.17, 15) is 14.4 Å². The highest BCUT2D eigenvalue weighted by molar-refractivity contribution is 5.82. The molecule has 0 saturated carbocycles. The fourth-order valence-electron chi connectivity index (χ4n) is 3.11. The lowest BCUT2D eigenvalue weighted by Gasteiger charge is -2.15. The highest BCUT2D eigenvalue weighted by Crippen LogP contribution is 2.35. The van der Waals surface area contributed by atoms with Crippen molar-refractivity contribution < 1.29 is 28.6 Å². The molecule has 32 heavy (non-hydrogen) atoms. The summed E-state index contributed by atoms with van der Waals surface area (Å²) >= 11 is 0. The van der Waals surface area contributed by atoms with Gasteiger partial charge in [0.25, 0.3) is 0 Å². The van der Waals surface area contributed by atoms with Gasteiger partial charge in [0.05, 0.1) is 19.4 Å². The number of esters is 3. The van der Waals surface area contributed by atoms with Crippen molar-refractivity contribution in [1.82, 2.24) is 0 Å². The molecule has 6 heteroatoms. The number of hydrogen-bond acceptors (Lipinski definition) is 6. The third-order valence-electron chi connectivity index (χ3n) is 4.48. The van der Waals surface area contributed by atoms with Crippen LogP contribution in [0.5, 0.6) is 11.5 Å². The van der Waals surface area contributed by atoms with Crippen molar-refractivity contribution in [3.63, 3.8) is 0 Å². The summed E-state index contributed by atoms with van der Waals surface area (Å²) in [6, 6.07) is 10.9. The van der Waals surface area contributed by atoms with Crippen molar-refractivity contribution in [3.05, 3.63) is 72.8 Å². The second-order valence-electron chi connectivity index (χ2n) is 7.01. The first kappa shape index (κ1) is 24.6. The summed E-state index contributed by atoms with van der Waals surface area (Å²) in [4.78, 5) is 35.3. The second kappa shape index (κ2) is 12.2. The zero-order valence-electron chi connectivity index (χ0n) is 18.5. The highest BCUT2D eigenvalue weighted by Gasteiger charge is 2.16. The number of allylic oxidation sites excluding steroid dienone is 2. The molecule has 2 aromatic rings. The normalized spacial score (nSPS) is 10.2. The molecule has 0 unspecified atom stereocenters. The minimum Gasteiger partial charge on any atom is -0.466 e. The van der Waals surface area contributed by atoms with Gasteiger partial charge in [0, 0.05) is 12.5 Å². The minimum absolute atomic E-state index is 0.0445. The Morgan fingerprint density at radius 1 is 0.875 bits per heavy atom. The van der Waals surface area contributed by atoms with Crippen molar-refractivity contribution in [2.45, 2.75) is 39.5 Å². The van der Waals surface area contributed by atoms with E-state index in [0.717, 1.165) is 16.7 Å². The molecule has 2 aromatic carbocycles. The van der Waals surface area contributed by atoms with E-state index in [1.54, 1.807) is 37.3 Å². The predicted octanol–water partition coefficient (Wildman–Crippen LogP) is 4.98. The van der Waals surface area contributed by atoms with E-state index in [2.05, 4.69) is 13.2 Å². The van der Waals surface area contributed by atoms with E-state index in [0.29, 0.717) is 29.9 Å². The third kappa shape index (κ3) is 7.23. The summed E-state index contributed by atoms with van der Waals surface area (Å²) in [6.07, 6.45) is 4.52. The first-order chi connectivity index (χ1) is 15.4. The largest absolute Gasteiger partial charge is 0.466 e. The van der Waals surface area contributed by atoms with Gasteiger partial charge >= 0.3 is 17.9 Å². The number of carbonyl (C=O) groups excluding carboxylic acids is 3. The molecule has 0 saturated heterocycles. The van der Waals surface area contributed by atoms with Crippen molar-refractivity contribution in [2.24, 2.45) is 0 Å². The summed E-state index contributed by atoms with van der Waals surface area (Å²) < 4.78 is 15.7. The molecule has 0 atom stereocenters. The Kier molecular flexibility index (Phi) is 9.42. The molecular weight excluding hydrogens is 408 g/mol. The van der Waals surface area contributed by atoms with Crippen LogP contribution in [0.1, 0.15) is 37.8 Å². The molecule has 0 aromatic heterocycles. The summed E-state index contributed by atoms with van der Waals surface area (Å²) in [6.45, 7) is 10.9. The SMILES string of the molecule is C=CCc1ccc(OC(=O)CCC(=O)OCC)c(-c2ccc(OC(C)=O)c(CC=C)c2)c1. The van der Waals surface area contributed by atoms with Crippen LogP contribution in [-0.2, 0) is 32.0 Å². The van der Waals surface area contributed by atoms with Crippen LogP contribution in [0.15, 0.2) is 61.7 Å². The van der Waals surface area contributed by atoms with E-state index in [-0.39, 0.29) is 19.4 Å². The molecule has 6 nitrogen and oxygen atoms in total. The van der Waals surface area contributed by atoms with Crippen LogP contribution in [0.25, 0.3) is 11.1 Å². The molecule has 2 rings (SSSR count). The fourth-order valence-corrected chi connectivity index (χ4v) is 3.11. The van der Waals surface area contributed by atoms with Gasteiger partial charge in [0.2, 0.25) is 0 Å². The van der Waals surface area contributed by atoms with Crippen molar-refractivity contribution in [1.29, 1.82) is 0 Å². The molecule has 0 fully saturated rings. The van der Waals surface area contributed by atoms with E-state index in [1.807, 2.05) is 18.2 Å². The lowest BCUT2D eigenvalue weighted by Crippen LogP contribution is -2.12. The van der Waals surface area contributed by atoms with Gasteiger partial charge in [-0.25, -0.2) is 0 Å². The molecule has 0 amide bonds. The Balaban J connectivity index is 2.38. The van der Waals surface area contributed by atoms with E-state index in [1.165, 1.54) is 6.92 Å². The molecule has 0 aliphatic heterocycles. The monoisotopic (exact) mass is 436 g/mol. The average Bonchev–Trinajstić information content (AvgIpc) is 2.75. The lowest BCUT2D eigenvalue weighted by molar-refractivity contribution is -0.146. The van der Waals surface area contributed by atoms with Crippen LogP contribution in [0.3, 0.4) is 0 Å². The van der Waals surface area contributed by atoms with E-state index in [4.69, 9.17) is 14.2 Å². The Labute approximate surface area is 188 Å². The summed E-state index contributed by atoms with van der Waals surface area (Å²) in [5.74, 6) is -0.556. The molecule has 0 aliphatic carbocycles. The van der Waals surface area contributed by atoms with Gasteiger partial charge in [-0.05, 0) is 60.7 Å². The second-order valence-corrected chi connectivity index (χ2v) is 7.01.